The maximum absolute atomic E-state index is 12.9. The largest absolute Gasteiger partial charge is 0.444 e. The Morgan fingerprint density at radius 1 is 1.17 bits per heavy atom. The standard InChI is InChI=1S/C22H31ClN2O3S/c1-20(2,3)28-19(26)25-11-9-22(10-12-25)14-15-7-8-16(23)13-17(15)18(22)24-29(27)21(4,5)6/h7-8,13H,9-12,14H2,1-6H3/t29-/m1/s1. The van der Waals surface area contributed by atoms with E-state index in [-0.39, 0.29) is 11.5 Å². The number of halogens is 1. The van der Waals surface area contributed by atoms with E-state index in [1.807, 2.05) is 59.7 Å². The van der Waals surface area contributed by atoms with E-state index in [1.54, 1.807) is 4.90 Å². The van der Waals surface area contributed by atoms with Crippen LogP contribution in [0.3, 0.4) is 0 Å². The zero-order valence-electron chi connectivity index (χ0n) is 18.2. The smallest absolute Gasteiger partial charge is 0.410 e. The maximum Gasteiger partial charge on any atom is 0.410 e. The van der Waals surface area contributed by atoms with Gasteiger partial charge in [-0.1, -0.05) is 17.7 Å². The number of nitrogens with zero attached hydrogens (tertiary/aromatic N) is 2. The summed E-state index contributed by atoms with van der Waals surface area (Å²) < 4.78 is 22.7. The average molecular weight is 439 g/mol. The molecule has 1 amide bonds. The van der Waals surface area contributed by atoms with Crippen molar-refractivity contribution in [1.29, 1.82) is 0 Å². The van der Waals surface area contributed by atoms with E-state index in [2.05, 4.69) is 0 Å². The molecular weight excluding hydrogens is 408 g/mol. The number of amides is 1. The summed E-state index contributed by atoms with van der Waals surface area (Å²) in [6, 6.07) is 5.88. The van der Waals surface area contributed by atoms with Crippen molar-refractivity contribution in [3.05, 3.63) is 34.3 Å². The number of carbonyl (C=O) groups is 1. The molecule has 1 atom stereocenters. The Kier molecular flexibility index (Phi) is 5.91. The lowest BCUT2D eigenvalue weighted by atomic mass is 9.74. The van der Waals surface area contributed by atoms with Crippen LogP contribution in [0.1, 0.15) is 65.5 Å². The lowest BCUT2D eigenvalue weighted by Gasteiger charge is -2.40. The molecule has 0 saturated carbocycles. The molecule has 1 fully saturated rings. The van der Waals surface area contributed by atoms with Crippen molar-refractivity contribution in [3.63, 3.8) is 0 Å². The highest BCUT2D eigenvalue weighted by Crippen LogP contribution is 2.46. The first-order valence-corrected chi connectivity index (χ1v) is 11.6. The summed E-state index contributed by atoms with van der Waals surface area (Å²) in [7, 11) is -1.36. The third kappa shape index (κ3) is 4.85. The van der Waals surface area contributed by atoms with Crippen LogP contribution in [0, 0.1) is 5.41 Å². The Labute approximate surface area is 181 Å². The van der Waals surface area contributed by atoms with Gasteiger partial charge in [0.25, 0.3) is 0 Å². The van der Waals surface area contributed by atoms with Crippen molar-refractivity contribution in [1.82, 2.24) is 4.90 Å². The van der Waals surface area contributed by atoms with Crippen LogP contribution in [-0.2, 0) is 22.1 Å². The van der Waals surface area contributed by atoms with Gasteiger partial charge in [0.15, 0.2) is 0 Å². The molecule has 0 bridgehead atoms. The summed E-state index contributed by atoms with van der Waals surface area (Å²) in [5.74, 6) is 0. The second-order valence-corrected chi connectivity index (χ2v) is 12.4. The maximum atomic E-state index is 12.9. The zero-order chi connectivity index (χ0) is 21.6. The number of rotatable bonds is 1. The van der Waals surface area contributed by atoms with Crippen molar-refractivity contribution in [2.24, 2.45) is 9.81 Å². The molecule has 1 heterocycles. The highest BCUT2D eigenvalue weighted by molar-refractivity contribution is 7.85. The van der Waals surface area contributed by atoms with Gasteiger partial charge >= 0.3 is 6.09 Å². The quantitative estimate of drug-likeness (QED) is 0.608. The van der Waals surface area contributed by atoms with E-state index in [1.165, 1.54) is 5.56 Å². The molecule has 1 aromatic carbocycles. The average Bonchev–Trinajstić information content (AvgIpc) is 2.86. The molecule has 0 N–H and O–H groups in total. The number of carbonyl (C=O) groups excluding carboxylic acids is 1. The number of piperidine rings is 1. The number of likely N-dealkylation sites (tertiary alicyclic amines) is 1. The highest BCUT2D eigenvalue weighted by atomic mass is 35.5. The second kappa shape index (κ2) is 7.69. The van der Waals surface area contributed by atoms with Crippen LogP contribution in [-0.4, -0.2) is 44.4 Å². The van der Waals surface area contributed by atoms with E-state index in [0.29, 0.717) is 18.1 Å². The number of benzene rings is 1. The van der Waals surface area contributed by atoms with Crippen LogP contribution in [0.2, 0.25) is 5.02 Å². The van der Waals surface area contributed by atoms with Gasteiger partial charge in [-0.05, 0) is 78.5 Å². The van der Waals surface area contributed by atoms with Gasteiger partial charge in [-0.3, -0.25) is 0 Å². The first-order valence-electron chi connectivity index (χ1n) is 10.1. The summed E-state index contributed by atoms with van der Waals surface area (Å²) >= 11 is 6.27. The van der Waals surface area contributed by atoms with E-state index >= 15 is 0 Å². The minimum absolute atomic E-state index is 0.216. The number of fused-ring (bicyclic) bond motifs is 1. The molecule has 1 aliphatic heterocycles. The lowest BCUT2D eigenvalue weighted by Crippen LogP contribution is -2.47. The van der Waals surface area contributed by atoms with Crippen molar-refractivity contribution in [3.8, 4) is 0 Å². The third-order valence-electron chi connectivity index (χ3n) is 5.43. The van der Waals surface area contributed by atoms with E-state index in [9.17, 15) is 9.00 Å². The van der Waals surface area contributed by atoms with Gasteiger partial charge in [-0.15, -0.1) is 0 Å². The van der Waals surface area contributed by atoms with Gasteiger partial charge in [0.2, 0.25) is 0 Å². The Bertz CT molecular complexity index is 860. The lowest BCUT2D eigenvalue weighted by molar-refractivity contribution is 0.0159. The molecular formula is C22H31ClN2O3S. The van der Waals surface area contributed by atoms with Gasteiger partial charge < -0.3 is 9.64 Å². The Morgan fingerprint density at radius 2 is 1.79 bits per heavy atom. The molecule has 7 heteroatoms. The third-order valence-corrected chi connectivity index (χ3v) is 7.06. The minimum atomic E-state index is -1.36. The van der Waals surface area contributed by atoms with Crippen molar-refractivity contribution in [2.75, 3.05) is 13.1 Å². The Hall–Kier alpha value is -1.40. The van der Waals surface area contributed by atoms with Crippen LogP contribution < -0.4 is 0 Å². The molecule has 29 heavy (non-hydrogen) atoms. The van der Waals surface area contributed by atoms with Gasteiger partial charge in [0.1, 0.15) is 16.6 Å². The minimum Gasteiger partial charge on any atom is -0.444 e. The van der Waals surface area contributed by atoms with Crippen LogP contribution in [0.5, 0.6) is 0 Å². The Morgan fingerprint density at radius 3 is 2.34 bits per heavy atom. The molecule has 1 saturated heterocycles. The van der Waals surface area contributed by atoms with Crippen LogP contribution >= 0.6 is 11.6 Å². The summed E-state index contributed by atoms with van der Waals surface area (Å²) in [6.45, 7) is 12.6. The van der Waals surface area contributed by atoms with E-state index in [0.717, 1.165) is 30.5 Å². The predicted octanol–water partition coefficient (Wildman–Crippen LogP) is 5.16. The molecule has 2 aliphatic rings. The van der Waals surface area contributed by atoms with E-state index < -0.39 is 21.3 Å². The van der Waals surface area contributed by atoms with Gasteiger partial charge in [0.05, 0.1) is 10.5 Å². The van der Waals surface area contributed by atoms with E-state index in [4.69, 9.17) is 20.7 Å². The SMILES string of the molecule is CC(C)(C)OC(=O)N1CCC2(CC1)Cc1ccc(Cl)cc1C2=N[S@](=O)C(C)(C)C. The van der Waals surface area contributed by atoms with Crippen molar-refractivity contribution in [2.45, 2.75) is 71.2 Å². The number of hydrogen-bond acceptors (Lipinski definition) is 3. The molecule has 1 spiro atoms. The van der Waals surface area contributed by atoms with Crippen LogP contribution in [0.25, 0.3) is 0 Å². The molecule has 1 aromatic rings. The fourth-order valence-electron chi connectivity index (χ4n) is 3.88. The summed E-state index contributed by atoms with van der Waals surface area (Å²) in [6.07, 6.45) is 2.09. The highest BCUT2D eigenvalue weighted by Gasteiger charge is 2.47. The molecule has 0 radical (unpaired) electrons. The Balaban J connectivity index is 1.90. The fraction of sp³-hybridized carbons (Fsp3) is 0.636. The number of hydrogen-bond donors (Lipinski definition) is 0. The molecule has 5 nitrogen and oxygen atoms in total. The van der Waals surface area contributed by atoms with Gasteiger partial charge in [-0.2, -0.15) is 4.40 Å². The molecule has 0 unspecified atom stereocenters. The zero-order valence-corrected chi connectivity index (χ0v) is 19.7. The van der Waals surface area contributed by atoms with Crippen LogP contribution in [0.4, 0.5) is 4.79 Å². The molecule has 3 rings (SSSR count). The predicted molar refractivity (Wildman–Crippen MR) is 119 cm³/mol. The molecule has 160 valence electrons. The van der Waals surface area contributed by atoms with Crippen molar-refractivity contribution >= 4 is 34.4 Å². The van der Waals surface area contributed by atoms with Gasteiger partial charge in [-0.25, -0.2) is 9.00 Å². The first kappa shape index (κ1) is 22.3. The summed E-state index contributed by atoms with van der Waals surface area (Å²) in [5, 5.41) is 0.654. The fourth-order valence-corrected chi connectivity index (χ4v) is 4.78. The summed E-state index contributed by atoms with van der Waals surface area (Å²) in [5.41, 5.74) is 2.34. The first-order chi connectivity index (χ1) is 13.3. The summed E-state index contributed by atoms with van der Waals surface area (Å²) in [4.78, 5) is 14.2. The molecule has 0 aromatic heterocycles. The normalized spacial score (nSPS) is 21.3. The number of ether oxygens (including phenoxy) is 1. The van der Waals surface area contributed by atoms with Gasteiger partial charge in [0, 0.05) is 29.1 Å². The topological polar surface area (TPSA) is 59.0 Å². The monoisotopic (exact) mass is 438 g/mol. The van der Waals surface area contributed by atoms with Crippen LogP contribution in [0.15, 0.2) is 22.6 Å². The second-order valence-electron chi connectivity index (χ2n) is 10.0. The molecule has 1 aliphatic carbocycles. The van der Waals surface area contributed by atoms with Crippen molar-refractivity contribution < 1.29 is 13.7 Å².